The summed E-state index contributed by atoms with van der Waals surface area (Å²) in [5.41, 5.74) is 0.982. The second-order valence-corrected chi connectivity index (χ2v) is 6.61. The monoisotopic (exact) mass is 341 g/mol. The maximum absolute atomic E-state index is 12.7. The molecule has 2 heterocycles. The van der Waals surface area contributed by atoms with Gasteiger partial charge in [-0.2, -0.15) is 0 Å². The number of amides is 1. The van der Waals surface area contributed by atoms with Gasteiger partial charge in [0.05, 0.1) is 22.7 Å². The van der Waals surface area contributed by atoms with E-state index in [-0.39, 0.29) is 18.1 Å². The Balaban J connectivity index is 2.24. The third-order valence-corrected chi connectivity index (χ3v) is 4.44. The van der Waals surface area contributed by atoms with Crippen LogP contribution in [0.4, 0.5) is 0 Å². The summed E-state index contributed by atoms with van der Waals surface area (Å²) in [7, 11) is 0. The maximum Gasteiger partial charge on any atom is 0.311 e. The molecule has 2 aromatic rings. The summed E-state index contributed by atoms with van der Waals surface area (Å²) >= 11 is 7.33. The van der Waals surface area contributed by atoms with Crippen molar-refractivity contribution in [3.05, 3.63) is 44.5 Å². The van der Waals surface area contributed by atoms with Crippen molar-refractivity contribution >= 4 is 34.8 Å². The molecule has 0 saturated carbocycles. The highest BCUT2D eigenvalue weighted by atomic mass is 35.5. The van der Waals surface area contributed by atoms with E-state index in [1.54, 1.807) is 17.9 Å². The van der Waals surface area contributed by atoms with Gasteiger partial charge in [-0.3, -0.25) is 9.59 Å². The minimum absolute atomic E-state index is 0.192. The number of halogens is 1. The molecule has 0 aliphatic rings. The number of furan rings is 1. The second kappa shape index (κ2) is 6.98. The number of thiophene rings is 1. The number of carbonyl (C=O) groups is 2. The number of hydrogen-bond donors (Lipinski definition) is 1. The highest BCUT2D eigenvalue weighted by Crippen LogP contribution is 2.25. The lowest BCUT2D eigenvalue weighted by Crippen LogP contribution is -2.31. The highest BCUT2D eigenvalue weighted by molar-refractivity contribution is 7.16. The SMILES string of the molecule is CCN(Cc1ccc(Cl)s1)C(=O)c1c(C)coc1CC(=O)O. The van der Waals surface area contributed by atoms with Gasteiger partial charge in [-0.25, -0.2) is 0 Å². The predicted molar refractivity (Wildman–Crippen MR) is 84.5 cm³/mol. The van der Waals surface area contributed by atoms with E-state index in [0.29, 0.717) is 28.6 Å². The minimum Gasteiger partial charge on any atom is -0.481 e. The van der Waals surface area contributed by atoms with E-state index < -0.39 is 5.97 Å². The molecule has 0 aliphatic heterocycles. The predicted octanol–water partition coefficient (Wildman–Crippen LogP) is 3.59. The molecule has 0 bridgehead atoms. The molecule has 2 aromatic heterocycles. The van der Waals surface area contributed by atoms with Gasteiger partial charge in [0, 0.05) is 17.0 Å². The fourth-order valence-electron chi connectivity index (χ4n) is 2.16. The van der Waals surface area contributed by atoms with Crippen molar-refractivity contribution in [1.29, 1.82) is 0 Å². The minimum atomic E-state index is -1.03. The topological polar surface area (TPSA) is 70.8 Å². The van der Waals surface area contributed by atoms with Gasteiger partial charge in [0.25, 0.3) is 5.91 Å². The third-order valence-electron chi connectivity index (χ3n) is 3.22. The summed E-state index contributed by atoms with van der Waals surface area (Å²) in [5, 5.41) is 8.92. The molecule has 2 rings (SSSR count). The molecule has 22 heavy (non-hydrogen) atoms. The summed E-state index contributed by atoms with van der Waals surface area (Å²) in [6.45, 7) is 4.55. The highest BCUT2D eigenvalue weighted by Gasteiger charge is 2.24. The van der Waals surface area contributed by atoms with Crippen LogP contribution in [-0.2, 0) is 17.8 Å². The number of aliphatic carboxylic acids is 1. The molecule has 0 unspecified atom stereocenters. The fraction of sp³-hybridized carbons (Fsp3) is 0.333. The average Bonchev–Trinajstić information content (AvgIpc) is 3.01. The zero-order chi connectivity index (χ0) is 16.3. The normalized spacial score (nSPS) is 10.7. The number of nitrogens with zero attached hydrogens (tertiary/aromatic N) is 1. The molecule has 0 spiro atoms. The largest absolute Gasteiger partial charge is 0.481 e. The lowest BCUT2D eigenvalue weighted by Gasteiger charge is -2.20. The van der Waals surface area contributed by atoms with Crippen molar-refractivity contribution < 1.29 is 19.1 Å². The number of aryl methyl sites for hydroxylation is 1. The Kier molecular flexibility index (Phi) is 5.26. The lowest BCUT2D eigenvalue weighted by molar-refractivity contribution is -0.136. The van der Waals surface area contributed by atoms with Crippen LogP contribution >= 0.6 is 22.9 Å². The molecule has 0 saturated heterocycles. The van der Waals surface area contributed by atoms with Crippen molar-refractivity contribution in [3.63, 3.8) is 0 Å². The van der Waals surface area contributed by atoms with E-state index in [4.69, 9.17) is 21.1 Å². The second-order valence-electron chi connectivity index (χ2n) is 4.81. The number of hydrogen-bond acceptors (Lipinski definition) is 4. The van der Waals surface area contributed by atoms with Gasteiger partial charge in [-0.1, -0.05) is 11.6 Å². The molecule has 1 N–H and O–H groups in total. The van der Waals surface area contributed by atoms with Gasteiger partial charge in [0.2, 0.25) is 0 Å². The van der Waals surface area contributed by atoms with Crippen molar-refractivity contribution in [3.8, 4) is 0 Å². The summed E-state index contributed by atoms with van der Waals surface area (Å²) in [5.74, 6) is -1.07. The van der Waals surface area contributed by atoms with E-state index in [1.165, 1.54) is 17.6 Å². The Morgan fingerprint density at radius 2 is 2.14 bits per heavy atom. The first-order chi connectivity index (χ1) is 10.4. The smallest absolute Gasteiger partial charge is 0.311 e. The maximum atomic E-state index is 12.7. The zero-order valence-electron chi connectivity index (χ0n) is 12.3. The Bertz CT molecular complexity index is 692. The summed E-state index contributed by atoms with van der Waals surface area (Å²) < 4.78 is 5.90. The standard InChI is InChI=1S/C15H16ClNO4S/c1-3-17(7-10-4-5-12(16)22-10)15(20)14-9(2)8-21-11(14)6-13(18)19/h4-5,8H,3,6-7H2,1-2H3,(H,18,19). The third kappa shape index (κ3) is 3.69. The van der Waals surface area contributed by atoms with Crippen molar-refractivity contribution in [2.24, 2.45) is 0 Å². The van der Waals surface area contributed by atoms with Gasteiger partial charge >= 0.3 is 5.97 Å². The van der Waals surface area contributed by atoms with Crippen LogP contribution in [-0.4, -0.2) is 28.4 Å². The molecule has 118 valence electrons. The fourth-order valence-corrected chi connectivity index (χ4v) is 3.27. The summed E-state index contributed by atoms with van der Waals surface area (Å²) in [4.78, 5) is 26.2. The van der Waals surface area contributed by atoms with Crippen LogP contribution in [0.2, 0.25) is 4.34 Å². The van der Waals surface area contributed by atoms with Crippen LogP contribution in [0.3, 0.4) is 0 Å². The van der Waals surface area contributed by atoms with E-state index in [9.17, 15) is 9.59 Å². The van der Waals surface area contributed by atoms with Crippen LogP contribution in [0.15, 0.2) is 22.8 Å². The van der Waals surface area contributed by atoms with Crippen LogP contribution in [0.1, 0.15) is 33.5 Å². The molecular weight excluding hydrogens is 326 g/mol. The first kappa shape index (κ1) is 16.6. The van der Waals surface area contributed by atoms with Gasteiger partial charge in [-0.15, -0.1) is 11.3 Å². The molecule has 0 radical (unpaired) electrons. The van der Waals surface area contributed by atoms with Gasteiger partial charge in [0.15, 0.2) is 0 Å². The molecule has 0 atom stereocenters. The summed E-state index contributed by atoms with van der Waals surface area (Å²) in [6, 6.07) is 3.67. The first-order valence-electron chi connectivity index (χ1n) is 6.74. The van der Waals surface area contributed by atoms with Crippen molar-refractivity contribution in [1.82, 2.24) is 4.90 Å². The van der Waals surface area contributed by atoms with E-state index in [0.717, 1.165) is 4.88 Å². The molecule has 7 heteroatoms. The quantitative estimate of drug-likeness (QED) is 0.871. The number of carboxylic acid groups (broad SMARTS) is 1. The van der Waals surface area contributed by atoms with Crippen LogP contribution in [0.25, 0.3) is 0 Å². The molecular formula is C15H16ClNO4S. The first-order valence-corrected chi connectivity index (χ1v) is 7.94. The number of carbonyl (C=O) groups excluding carboxylic acids is 1. The number of carboxylic acids is 1. The Morgan fingerprint density at radius 3 is 2.68 bits per heavy atom. The van der Waals surface area contributed by atoms with E-state index in [2.05, 4.69) is 0 Å². The van der Waals surface area contributed by atoms with E-state index >= 15 is 0 Å². The number of rotatable bonds is 6. The molecule has 0 aliphatic carbocycles. The van der Waals surface area contributed by atoms with Crippen LogP contribution in [0.5, 0.6) is 0 Å². The van der Waals surface area contributed by atoms with Gasteiger partial charge in [0.1, 0.15) is 12.2 Å². The molecule has 1 amide bonds. The molecule has 0 aromatic carbocycles. The van der Waals surface area contributed by atoms with Crippen LogP contribution < -0.4 is 0 Å². The molecule has 5 nitrogen and oxygen atoms in total. The van der Waals surface area contributed by atoms with Crippen molar-refractivity contribution in [2.75, 3.05) is 6.54 Å². The van der Waals surface area contributed by atoms with Crippen molar-refractivity contribution in [2.45, 2.75) is 26.8 Å². The van der Waals surface area contributed by atoms with E-state index in [1.807, 2.05) is 13.0 Å². The van der Waals surface area contributed by atoms with Crippen LogP contribution in [0, 0.1) is 6.92 Å². The zero-order valence-corrected chi connectivity index (χ0v) is 13.8. The van der Waals surface area contributed by atoms with Gasteiger partial charge < -0.3 is 14.4 Å². The van der Waals surface area contributed by atoms with Gasteiger partial charge in [-0.05, 0) is 26.0 Å². The Hall–Kier alpha value is -1.79. The average molecular weight is 342 g/mol. The molecule has 0 fully saturated rings. The Morgan fingerprint density at radius 1 is 1.41 bits per heavy atom. The Labute approximate surface area is 137 Å². The lowest BCUT2D eigenvalue weighted by atomic mass is 10.1. The summed E-state index contributed by atoms with van der Waals surface area (Å²) in [6.07, 6.45) is 1.11.